The number of benzene rings is 2. The summed E-state index contributed by atoms with van der Waals surface area (Å²) in [6.07, 6.45) is 11.3. The summed E-state index contributed by atoms with van der Waals surface area (Å²) in [7, 11) is 1.64. The molecule has 2 aliphatic heterocycles. The fraction of sp³-hybridized carbons (Fsp3) is 0.512. The number of ketones is 1. The van der Waals surface area contributed by atoms with E-state index in [1.807, 2.05) is 37.5 Å². The number of aryl methyl sites for hydroxylation is 1. The van der Waals surface area contributed by atoms with Gasteiger partial charge in [-0.1, -0.05) is 24.6 Å². The fourth-order valence-electron chi connectivity index (χ4n) is 9.82. The van der Waals surface area contributed by atoms with Gasteiger partial charge in [-0.3, -0.25) is 14.4 Å². The molecule has 11 heteroatoms. The van der Waals surface area contributed by atoms with Gasteiger partial charge in [-0.15, -0.1) is 0 Å². The zero-order valence-electron chi connectivity index (χ0n) is 31.6. The number of imidazole rings is 1. The van der Waals surface area contributed by atoms with E-state index in [1.54, 1.807) is 14.0 Å². The van der Waals surface area contributed by atoms with Crippen LogP contribution in [0.5, 0.6) is 0 Å². The highest BCUT2D eigenvalue weighted by Crippen LogP contribution is 2.54. The number of likely N-dealkylation sites (tertiary alicyclic amines) is 1. The number of hydrogen-bond acceptors (Lipinski definition) is 8. The summed E-state index contributed by atoms with van der Waals surface area (Å²) in [6, 6.07) is 15.2. The first kappa shape index (κ1) is 35.1. The van der Waals surface area contributed by atoms with Crippen LogP contribution in [0.4, 0.5) is 17.2 Å². The molecule has 5 aliphatic rings. The van der Waals surface area contributed by atoms with E-state index in [2.05, 4.69) is 43.2 Å². The van der Waals surface area contributed by atoms with Gasteiger partial charge >= 0.3 is 0 Å². The number of carbonyl (C=O) groups is 3. The monoisotopic (exact) mass is 729 g/mol. The topological polar surface area (TPSA) is 133 Å². The van der Waals surface area contributed by atoms with Gasteiger partial charge in [-0.2, -0.15) is 0 Å². The van der Waals surface area contributed by atoms with Crippen LogP contribution in [0.15, 0.2) is 48.8 Å². The van der Waals surface area contributed by atoms with E-state index in [0.717, 1.165) is 83.6 Å². The van der Waals surface area contributed by atoms with Crippen LogP contribution < -0.4 is 15.5 Å². The predicted octanol–water partition coefficient (Wildman–Crippen LogP) is 6.59. The van der Waals surface area contributed by atoms with Gasteiger partial charge in [0.25, 0.3) is 5.91 Å². The second-order valence-electron chi connectivity index (χ2n) is 16.6. The summed E-state index contributed by atoms with van der Waals surface area (Å²) in [4.78, 5) is 55.2. The zero-order valence-corrected chi connectivity index (χ0v) is 31.6. The van der Waals surface area contributed by atoms with Crippen molar-refractivity contribution in [3.63, 3.8) is 0 Å². The molecule has 2 aromatic heterocycles. The number of amides is 2. The van der Waals surface area contributed by atoms with Gasteiger partial charge in [0, 0.05) is 53.6 Å². The maximum atomic E-state index is 14.9. The van der Waals surface area contributed by atoms with Gasteiger partial charge in [0.1, 0.15) is 11.6 Å². The Bertz CT molecular complexity index is 2130. The van der Waals surface area contributed by atoms with E-state index in [9.17, 15) is 19.5 Å². The molecular formula is C43H51N7O4. The van der Waals surface area contributed by atoms with Crippen LogP contribution in [0, 0.1) is 12.8 Å². The van der Waals surface area contributed by atoms with Crippen molar-refractivity contribution in [2.45, 2.75) is 114 Å². The number of nitrogens with one attached hydrogen (secondary N) is 2. The van der Waals surface area contributed by atoms with Crippen LogP contribution in [0.1, 0.15) is 105 Å². The summed E-state index contributed by atoms with van der Waals surface area (Å²) >= 11 is 0. The van der Waals surface area contributed by atoms with Crippen molar-refractivity contribution in [3.05, 3.63) is 65.5 Å². The minimum absolute atomic E-state index is 0.114. The summed E-state index contributed by atoms with van der Waals surface area (Å²) in [5, 5.41) is 16.4. The number of rotatable bonds is 9. The van der Waals surface area contributed by atoms with E-state index in [4.69, 9.17) is 9.97 Å². The highest BCUT2D eigenvalue weighted by atomic mass is 16.3. The van der Waals surface area contributed by atoms with Gasteiger partial charge in [-0.25, -0.2) is 9.97 Å². The molecule has 1 saturated heterocycles. The lowest BCUT2D eigenvalue weighted by Crippen LogP contribution is -2.57. The zero-order chi connectivity index (χ0) is 37.3. The van der Waals surface area contributed by atoms with Gasteiger partial charge in [0.15, 0.2) is 11.6 Å². The number of Topliss-reactive ketones (excluding diaryl/α,β-unsaturated/α-hetero) is 1. The third kappa shape index (κ3) is 5.91. The Hall–Kier alpha value is -4.61. The van der Waals surface area contributed by atoms with Gasteiger partial charge in [-0.05, 0) is 127 Å². The Kier molecular flexibility index (Phi) is 8.84. The number of aliphatic hydroxyl groups excluding tert-OH is 1. The molecule has 1 spiro atoms. The van der Waals surface area contributed by atoms with E-state index in [1.165, 1.54) is 19.3 Å². The SMILES string of the molecule is CNC(=O)c1cc(Nc2nc(-c3ccc4c(c3)N(C3CC(N5CCCCC5)C3)C(=O)C43CCC(C(=O)[C@@H](C)O)CC3)cc3ncn(C4CC4)c23)ccc1C. The number of aliphatic hydroxyl groups is 1. The maximum Gasteiger partial charge on any atom is 0.251 e. The number of fused-ring (bicyclic) bond motifs is 3. The van der Waals surface area contributed by atoms with Crippen molar-refractivity contribution in [2.24, 2.45) is 5.92 Å². The van der Waals surface area contributed by atoms with E-state index in [-0.39, 0.29) is 29.6 Å². The van der Waals surface area contributed by atoms with E-state index >= 15 is 0 Å². The molecule has 9 rings (SSSR count). The van der Waals surface area contributed by atoms with Crippen LogP contribution in [-0.2, 0) is 15.0 Å². The summed E-state index contributed by atoms with van der Waals surface area (Å²) in [5.41, 5.74) is 7.05. The molecule has 3 N–H and O–H groups in total. The van der Waals surface area contributed by atoms with Crippen LogP contribution in [0.2, 0.25) is 0 Å². The molecule has 282 valence electrons. The molecule has 3 saturated carbocycles. The molecule has 1 atom stereocenters. The number of hydrogen-bond donors (Lipinski definition) is 3. The summed E-state index contributed by atoms with van der Waals surface area (Å²) in [5.74, 6) is 0.368. The second kappa shape index (κ2) is 13.6. The van der Waals surface area contributed by atoms with Crippen LogP contribution >= 0.6 is 0 Å². The Morgan fingerprint density at radius 1 is 0.944 bits per heavy atom. The maximum absolute atomic E-state index is 14.9. The number of nitrogens with zero attached hydrogens (tertiary/aromatic N) is 5. The molecule has 4 fully saturated rings. The van der Waals surface area contributed by atoms with E-state index in [0.29, 0.717) is 49.1 Å². The van der Waals surface area contributed by atoms with Crippen LogP contribution in [-0.4, -0.2) is 80.5 Å². The minimum atomic E-state index is -0.986. The molecule has 0 unspecified atom stereocenters. The number of pyridine rings is 1. The van der Waals surface area contributed by atoms with Crippen molar-refractivity contribution < 1.29 is 19.5 Å². The normalized spacial score (nSPS) is 26.1. The Labute approximate surface area is 316 Å². The standard InChI is InChI=1S/C43H51N7O4/c1-25-7-9-29(20-33(25)41(53)44-3)46-40-38-36(45-24-49(38)30-10-11-30)23-35(47-40)28-8-12-34-37(19-28)50(32-21-31(22-32)48-17-5-4-6-18-48)42(54)43(34)15-13-27(14-16-43)39(52)26(2)51/h7-9,12,19-20,23-24,26-27,30-32,51H,4-6,10-11,13-18,21-22H2,1-3H3,(H,44,53)(H,46,47)/t26-,27?,31?,32?,43?/m1/s1. The van der Waals surface area contributed by atoms with Gasteiger partial charge < -0.3 is 30.1 Å². The fourth-order valence-corrected chi connectivity index (χ4v) is 9.82. The molecule has 3 aliphatic carbocycles. The number of anilines is 3. The Balaban J connectivity index is 1.09. The average Bonchev–Trinajstić information content (AvgIpc) is 3.89. The summed E-state index contributed by atoms with van der Waals surface area (Å²) in [6.45, 7) is 5.77. The second-order valence-corrected chi connectivity index (χ2v) is 16.6. The average molecular weight is 730 g/mol. The largest absolute Gasteiger partial charge is 0.386 e. The van der Waals surface area contributed by atoms with E-state index < -0.39 is 11.5 Å². The molecule has 0 bridgehead atoms. The Morgan fingerprint density at radius 3 is 2.41 bits per heavy atom. The molecule has 4 aromatic rings. The highest BCUT2D eigenvalue weighted by Gasteiger charge is 2.56. The minimum Gasteiger partial charge on any atom is -0.386 e. The lowest BCUT2D eigenvalue weighted by molar-refractivity contribution is -0.134. The molecule has 54 heavy (non-hydrogen) atoms. The van der Waals surface area contributed by atoms with Crippen molar-refractivity contribution in [1.82, 2.24) is 24.8 Å². The van der Waals surface area contributed by atoms with Gasteiger partial charge in [0.05, 0.1) is 23.0 Å². The molecule has 2 aromatic carbocycles. The third-order valence-electron chi connectivity index (χ3n) is 13.2. The first-order valence-electron chi connectivity index (χ1n) is 20.1. The predicted molar refractivity (Wildman–Crippen MR) is 209 cm³/mol. The van der Waals surface area contributed by atoms with Crippen molar-refractivity contribution >= 4 is 45.8 Å². The number of carbonyl (C=O) groups excluding carboxylic acids is 3. The third-order valence-corrected chi connectivity index (χ3v) is 13.2. The number of piperidine rings is 1. The molecule has 11 nitrogen and oxygen atoms in total. The number of aromatic nitrogens is 3. The first-order valence-corrected chi connectivity index (χ1v) is 20.1. The van der Waals surface area contributed by atoms with Crippen molar-refractivity contribution in [1.29, 1.82) is 0 Å². The first-order chi connectivity index (χ1) is 26.1. The molecule has 2 amide bonds. The molecular weight excluding hydrogens is 679 g/mol. The quantitative estimate of drug-likeness (QED) is 0.176. The van der Waals surface area contributed by atoms with Gasteiger partial charge in [0.2, 0.25) is 5.91 Å². The lowest BCUT2D eigenvalue weighted by Gasteiger charge is -2.48. The molecule has 0 radical (unpaired) electrons. The van der Waals surface area contributed by atoms with Crippen molar-refractivity contribution in [3.8, 4) is 11.3 Å². The van der Waals surface area contributed by atoms with Crippen LogP contribution in [0.3, 0.4) is 0 Å². The molecule has 4 heterocycles. The highest BCUT2D eigenvalue weighted by molar-refractivity contribution is 6.09. The lowest BCUT2D eigenvalue weighted by atomic mass is 9.66. The van der Waals surface area contributed by atoms with Crippen molar-refractivity contribution in [2.75, 3.05) is 30.4 Å². The summed E-state index contributed by atoms with van der Waals surface area (Å²) < 4.78 is 2.21. The van der Waals surface area contributed by atoms with Crippen LogP contribution in [0.25, 0.3) is 22.3 Å². The smallest absolute Gasteiger partial charge is 0.251 e. The Morgan fingerprint density at radius 2 is 1.70 bits per heavy atom.